The summed E-state index contributed by atoms with van der Waals surface area (Å²) in [5.74, 6) is 0. The van der Waals surface area contributed by atoms with E-state index in [0.717, 1.165) is 0 Å². The molecule has 0 rings (SSSR count). The summed E-state index contributed by atoms with van der Waals surface area (Å²) in [6, 6.07) is 0. The molecule has 1 N–H and O–H groups in total. The van der Waals surface area contributed by atoms with Crippen LogP contribution < -0.4 is 0 Å². The number of rotatable bonds is 3. The summed E-state index contributed by atoms with van der Waals surface area (Å²) in [7, 11) is 1.93. The summed E-state index contributed by atoms with van der Waals surface area (Å²) in [5, 5.41) is 8.42. The Morgan fingerprint density at radius 3 is 2.50 bits per heavy atom. The Bertz CT molecular complexity index is 134. The van der Waals surface area contributed by atoms with E-state index in [1.807, 2.05) is 38.2 Å². The molecule has 0 fully saturated rings. The molecule has 0 aliphatic rings. The fourth-order valence-corrected chi connectivity index (χ4v) is 0.664. The molecule has 0 aliphatic carbocycles. The predicted octanol–water partition coefficient (Wildman–Crippen LogP) is 1.35. The minimum atomic E-state index is 0.0982. The molecule has 0 amide bonds. The topological polar surface area (TPSA) is 23.5 Å². The normalized spacial score (nSPS) is 10.0. The van der Waals surface area contributed by atoms with Gasteiger partial charge in [0, 0.05) is 19.4 Å². The lowest BCUT2D eigenvalue weighted by atomic mass is 10.4. The standard InChI is InChI=1S/C8H15NO/c1-8(2)7-9(3)5-4-6-10/h4-5,7,10H,6H2,1-3H3/b5-4+. The third kappa shape index (κ3) is 5.38. The van der Waals surface area contributed by atoms with Gasteiger partial charge in [-0.15, -0.1) is 0 Å². The highest BCUT2D eigenvalue weighted by atomic mass is 16.2. The molecule has 58 valence electrons. The molecule has 10 heavy (non-hydrogen) atoms. The van der Waals surface area contributed by atoms with Crippen molar-refractivity contribution in [2.45, 2.75) is 13.8 Å². The van der Waals surface area contributed by atoms with Gasteiger partial charge < -0.3 is 10.0 Å². The molecule has 0 saturated heterocycles. The number of aliphatic hydroxyl groups excluding tert-OH is 1. The number of hydrogen-bond donors (Lipinski definition) is 1. The molecule has 0 aromatic rings. The Labute approximate surface area is 62.5 Å². The van der Waals surface area contributed by atoms with Gasteiger partial charge in [-0.3, -0.25) is 0 Å². The van der Waals surface area contributed by atoms with Crippen LogP contribution in [0.3, 0.4) is 0 Å². The van der Waals surface area contributed by atoms with Crippen LogP contribution in [0.1, 0.15) is 13.8 Å². The van der Waals surface area contributed by atoms with Crippen molar-refractivity contribution in [2.24, 2.45) is 0 Å². The Hall–Kier alpha value is -0.760. The van der Waals surface area contributed by atoms with Crippen LogP contribution in [-0.4, -0.2) is 23.7 Å². The molecule has 2 nitrogen and oxygen atoms in total. The van der Waals surface area contributed by atoms with Crippen LogP contribution in [0.5, 0.6) is 0 Å². The van der Waals surface area contributed by atoms with Crippen LogP contribution in [0.25, 0.3) is 0 Å². The number of hydrogen-bond acceptors (Lipinski definition) is 2. The largest absolute Gasteiger partial charge is 0.392 e. The van der Waals surface area contributed by atoms with Gasteiger partial charge in [-0.1, -0.05) is 5.57 Å². The fraction of sp³-hybridized carbons (Fsp3) is 0.500. The average Bonchev–Trinajstić information content (AvgIpc) is 1.82. The molecular formula is C8H15NO. The SMILES string of the molecule is CC(C)=CN(C)/C=C/CO. The first-order valence-corrected chi connectivity index (χ1v) is 3.31. The van der Waals surface area contributed by atoms with Gasteiger partial charge in [0.15, 0.2) is 0 Å². The molecule has 0 aromatic carbocycles. The van der Waals surface area contributed by atoms with Crippen LogP contribution in [0.4, 0.5) is 0 Å². The molecular weight excluding hydrogens is 126 g/mol. The third-order valence-electron chi connectivity index (χ3n) is 0.908. The minimum absolute atomic E-state index is 0.0982. The zero-order valence-electron chi connectivity index (χ0n) is 6.83. The molecule has 0 aromatic heterocycles. The van der Waals surface area contributed by atoms with Crippen LogP contribution in [0, 0.1) is 0 Å². The maximum atomic E-state index is 8.42. The van der Waals surface area contributed by atoms with Crippen LogP contribution in [-0.2, 0) is 0 Å². The van der Waals surface area contributed by atoms with E-state index in [9.17, 15) is 0 Å². The highest BCUT2D eigenvalue weighted by molar-refractivity contribution is 4.96. The lowest BCUT2D eigenvalue weighted by molar-refractivity contribution is 0.340. The molecule has 0 aliphatic heterocycles. The quantitative estimate of drug-likeness (QED) is 0.641. The van der Waals surface area contributed by atoms with E-state index in [1.165, 1.54) is 5.57 Å². The summed E-state index contributed by atoms with van der Waals surface area (Å²) >= 11 is 0. The Kier molecular flexibility index (Phi) is 4.67. The van der Waals surface area contributed by atoms with E-state index in [2.05, 4.69) is 0 Å². The second-order valence-corrected chi connectivity index (χ2v) is 2.44. The van der Waals surface area contributed by atoms with Gasteiger partial charge in [-0.05, 0) is 19.9 Å². The van der Waals surface area contributed by atoms with Gasteiger partial charge in [-0.25, -0.2) is 0 Å². The van der Waals surface area contributed by atoms with E-state index < -0.39 is 0 Å². The first kappa shape index (κ1) is 9.24. The molecule has 0 heterocycles. The molecule has 0 atom stereocenters. The second kappa shape index (κ2) is 5.06. The van der Waals surface area contributed by atoms with Crippen molar-refractivity contribution in [2.75, 3.05) is 13.7 Å². The Balaban J connectivity index is 3.74. The van der Waals surface area contributed by atoms with Gasteiger partial charge in [0.25, 0.3) is 0 Å². The van der Waals surface area contributed by atoms with Gasteiger partial charge in [0.05, 0.1) is 6.61 Å². The van der Waals surface area contributed by atoms with Crippen molar-refractivity contribution < 1.29 is 5.11 Å². The zero-order valence-corrected chi connectivity index (χ0v) is 6.83. The van der Waals surface area contributed by atoms with Crippen molar-refractivity contribution >= 4 is 0 Å². The molecule has 2 heteroatoms. The number of allylic oxidation sites excluding steroid dienone is 1. The zero-order chi connectivity index (χ0) is 7.98. The first-order valence-electron chi connectivity index (χ1n) is 3.31. The Morgan fingerprint density at radius 1 is 1.50 bits per heavy atom. The monoisotopic (exact) mass is 141 g/mol. The van der Waals surface area contributed by atoms with Crippen molar-refractivity contribution in [1.82, 2.24) is 4.90 Å². The summed E-state index contributed by atoms with van der Waals surface area (Å²) in [6.45, 7) is 4.16. The van der Waals surface area contributed by atoms with Gasteiger partial charge >= 0.3 is 0 Å². The summed E-state index contributed by atoms with van der Waals surface area (Å²) in [4.78, 5) is 1.91. The van der Waals surface area contributed by atoms with Crippen molar-refractivity contribution in [3.63, 3.8) is 0 Å². The van der Waals surface area contributed by atoms with Gasteiger partial charge in [0.2, 0.25) is 0 Å². The summed E-state index contributed by atoms with van der Waals surface area (Å²) < 4.78 is 0. The second-order valence-electron chi connectivity index (χ2n) is 2.44. The van der Waals surface area contributed by atoms with E-state index in [1.54, 1.807) is 6.08 Å². The summed E-state index contributed by atoms with van der Waals surface area (Å²) in [5.41, 5.74) is 1.24. The summed E-state index contributed by atoms with van der Waals surface area (Å²) in [6.07, 6.45) is 5.51. The van der Waals surface area contributed by atoms with Crippen molar-refractivity contribution in [1.29, 1.82) is 0 Å². The molecule has 0 unspecified atom stereocenters. The Morgan fingerprint density at radius 2 is 2.10 bits per heavy atom. The lowest BCUT2D eigenvalue weighted by Crippen LogP contribution is -2.00. The van der Waals surface area contributed by atoms with E-state index in [4.69, 9.17) is 5.11 Å². The molecule has 0 radical (unpaired) electrons. The maximum Gasteiger partial charge on any atom is 0.0629 e. The number of aliphatic hydroxyl groups is 1. The maximum absolute atomic E-state index is 8.42. The first-order chi connectivity index (χ1) is 4.66. The van der Waals surface area contributed by atoms with E-state index in [0.29, 0.717) is 0 Å². The fourth-order valence-electron chi connectivity index (χ4n) is 0.664. The van der Waals surface area contributed by atoms with Crippen LogP contribution >= 0.6 is 0 Å². The lowest BCUT2D eigenvalue weighted by Gasteiger charge is -2.06. The van der Waals surface area contributed by atoms with E-state index in [-0.39, 0.29) is 6.61 Å². The van der Waals surface area contributed by atoms with Gasteiger partial charge in [0.1, 0.15) is 0 Å². The smallest absolute Gasteiger partial charge is 0.0629 e. The van der Waals surface area contributed by atoms with Gasteiger partial charge in [-0.2, -0.15) is 0 Å². The molecule has 0 bridgehead atoms. The highest BCUT2D eigenvalue weighted by Crippen LogP contribution is 1.92. The molecule has 0 spiro atoms. The number of nitrogens with zero attached hydrogens (tertiary/aromatic N) is 1. The predicted molar refractivity (Wildman–Crippen MR) is 43.4 cm³/mol. The molecule has 0 saturated carbocycles. The van der Waals surface area contributed by atoms with Crippen LogP contribution in [0.2, 0.25) is 0 Å². The highest BCUT2D eigenvalue weighted by Gasteiger charge is 1.81. The third-order valence-corrected chi connectivity index (χ3v) is 0.908. The van der Waals surface area contributed by atoms with Crippen LogP contribution in [0.15, 0.2) is 24.0 Å². The van der Waals surface area contributed by atoms with Crippen molar-refractivity contribution in [3.8, 4) is 0 Å². The van der Waals surface area contributed by atoms with E-state index >= 15 is 0 Å². The van der Waals surface area contributed by atoms with Crippen molar-refractivity contribution in [3.05, 3.63) is 24.0 Å². The minimum Gasteiger partial charge on any atom is -0.392 e. The average molecular weight is 141 g/mol.